The van der Waals surface area contributed by atoms with Crippen molar-refractivity contribution in [2.75, 3.05) is 0 Å². The number of carbonyl (C=O) groups excluding carboxylic acids is 2. The van der Waals surface area contributed by atoms with Crippen molar-refractivity contribution in [3.8, 4) is 0 Å². The van der Waals surface area contributed by atoms with Crippen LogP contribution in [-0.2, 0) is 11.3 Å². The first kappa shape index (κ1) is 19.4. The fraction of sp³-hybridized carbons (Fsp3) is 0.467. The van der Waals surface area contributed by atoms with Crippen LogP contribution < -0.4 is 16.4 Å². The lowest BCUT2D eigenvalue weighted by atomic mass is 10.1. The van der Waals surface area contributed by atoms with E-state index in [1.165, 1.54) is 0 Å². The number of amides is 2. The Morgan fingerprint density at radius 2 is 1.71 bits per heavy atom. The van der Waals surface area contributed by atoms with E-state index >= 15 is 0 Å². The van der Waals surface area contributed by atoms with Crippen molar-refractivity contribution in [3.63, 3.8) is 0 Å². The molecule has 0 spiro atoms. The Hall–Kier alpha value is -1.59. The van der Waals surface area contributed by atoms with Crippen molar-refractivity contribution < 1.29 is 9.59 Å². The van der Waals surface area contributed by atoms with Gasteiger partial charge in [-0.25, -0.2) is 0 Å². The fourth-order valence-electron chi connectivity index (χ4n) is 1.61. The number of rotatable bonds is 6. The fourth-order valence-corrected chi connectivity index (χ4v) is 1.61. The number of nitrogens with two attached hydrogens (primary N) is 1. The molecular weight excluding hydrogens is 290 g/mol. The van der Waals surface area contributed by atoms with Gasteiger partial charge in [-0.15, -0.1) is 12.4 Å². The van der Waals surface area contributed by atoms with Crippen molar-refractivity contribution >= 4 is 24.2 Å². The molecule has 1 rings (SSSR count). The molecule has 5 nitrogen and oxygen atoms in total. The summed E-state index contributed by atoms with van der Waals surface area (Å²) in [4.78, 5) is 23.8. The largest absolute Gasteiger partial charge is 0.352 e. The van der Waals surface area contributed by atoms with Gasteiger partial charge in [0.05, 0.1) is 0 Å². The van der Waals surface area contributed by atoms with E-state index in [2.05, 4.69) is 10.6 Å². The minimum atomic E-state index is -0.564. The molecule has 118 valence electrons. The molecule has 1 aromatic carbocycles. The highest BCUT2D eigenvalue weighted by molar-refractivity contribution is 5.97. The SMILES string of the molecule is CCC(C)NC(=O)C(C)NC(=O)c1ccc(CN)cc1.Cl. The minimum absolute atomic E-state index is 0. The van der Waals surface area contributed by atoms with E-state index in [-0.39, 0.29) is 30.3 Å². The molecule has 0 aliphatic heterocycles. The first-order valence-corrected chi connectivity index (χ1v) is 6.88. The summed E-state index contributed by atoms with van der Waals surface area (Å²) in [5.41, 5.74) is 6.98. The lowest BCUT2D eigenvalue weighted by molar-refractivity contribution is -0.123. The summed E-state index contributed by atoms with van der Waals surface area (Å²) in [6.07, 6.45) is 0.854. The van der Waals surface area contributed by atoms with E-state index in [1.807, 2.05) is 13.8 Å². The highest BCUT2D eigenvalue weighted by atomic mass is 35.5. The number of benzene rings is 1. The number of hydrogen-bond acceptors (Lipinski definition) is 3. The van der Waals surface area contributed by atoms with Crippen LogP contribution >= 0.6 is 12.4 Å². The Balaban J connectivity index is 0.00000400. The summed E-state index contributed by atoms with van der Waals surface area (Å²) < 4.78 is 0. The molecule has 0 saturated heterocycles. The topological polar surface area (TPSA) is 84.2 Å². The molecule has 0 heterocycles. The van der Waals surface area contributed by atoms with E-state index in [4.69, 9.17) is 5.73 Å². The van der Waals surface area contributed by atoms with E-state index in [9.17, 15) is 9.59 Å². The molecule has 4 N–H and O–H groups in total. The molecule has 0 aliphatic rings. The monoisotopic (exact) mass is 313 g/mol. The van der Waals surface area contributed by atoms with E-state index in [0.29, 0.717) is 12.1 Å². The van der Waals surface area contributed by atoms with Crippen molar-refractivity contribution in [2.24, 2.45) is 5.73 Å². The molecule has 2 atom stereocenters. The van der Waals surface area contributed by atoms with Gasteiger partial charge in [-0.2, -0.15) is 0 Å². The van der Waals surface area contributed by atoms with Crippen LogP contribution in [0.15, 0.2) is 24.3 Å². The molecule has 0 aromatic heterocycles. The predicted octanol–water partition coefficient (Wildman–Crippen LogP) is 1.60. The van der Waals surface area contributed by atoms with Gasteiger partial charge in [0.25, 0.3) is 5.91 Å². The molecular formula is C15H24ClN3O2. The zero-order valence-corrected chi connectivity index (χ0v) is 13.5. The van der Waals surface area contributed by atoms with Crippen LogP contribution in [0.3, 0.4) is 0 Å². The van der Waals surface area contributed by atoms with Crippen LogP contribution in [0.2, 0.25) is 0 Å². The number of hydrogen-bond donors (Lipinski definition) is 3. The minimum Gasteiger partial charge on any atom is -0.352 e. The molecule has 2 amide bonds. The second-order valence-electron chi connectivity index (χ2n) is 4.91. The summed E-state index contributed by atoms with van der Waals surface area (Å²) in [7, 11) is 0. The molecule has 2 unspecified atom stereocenters. The lowest BCUT2D eigenvalue weighted by Gasteiger charge is -2.17. The van der Waals surface area contributed by atoms with Gasteiger partial charge in [-0.1, -0.05) is 19.1 Å². The van der Waals surface area contributed by atoms with E-state index in [1.54, 1.807) is 31.2 Å². The van der Waals surface area contributed by atoms with Gasteiger partial charge in [0.15, 0.2) is 0 Å². The standard InChI is InChI=1S/C15H23N3O2.ClH/c1-4-10(2)17-14(19)11(3)18-15(20)13-7-5-12(9-16)6-8-13;/h5-8,10-11H,4,9,16H2,1-3H3,(H,17,19)(H,18,20);1H. The molecule has 0 aliphatic carbocycles. The van der Waals surface area contributed by atoms with Gasteiger partial charge in [-0.05, 0) is 38.0 Å². The summed E-state index contributed by atoms with van der Waals surface area (Å²) in [5.74, 6) is -0.438. The third-order valence-electron chi connectivity index (χ3n) is 3.19. The van der Waals surface area contributed by atoms with E-state index < -0.39 is 6.04 Å². The average molecular weight is 314 g/mol. The summed E-state index contributed by atoms with van der Waals surface area (Å²) in [6, 6.07) is 6.56. The molecule has 6 heteroatoms. The van der Waals surface area contributed by atoms with Gasteiger partial charge in [0.1, 0.15) is 6.04 Å². The quantitative estimate of drug-likeness (QED) is 0.746. The maximum atomic E-state index is 12.0. The Morgan fingerprint density at radius 1 is 1.14 bits per heavy atom. The normalized spacial score (nSPS) is 12.8. The van der Waals surface area contributed by atoms with Crippen molar-refractivity contribution in [1.82, 2.24) is 10.6 Å². The summed E-state index contributed by atoms with van der Waals surface area (Å²) in [6.45, 7) is 6.03. The molecule has 0 fully saturated rings. The highest BCUT2D eigenvalue weighted by Gasteiger charge is 2.17. The second-order valence-corrected chi connectivity index (χ2v) is 4.91. The highest BCUT2D eigenvalue weighted by Crippen LogP contribution is 2.04. The molecule has 1 aromatic rings. The zero-order valence-electron chi connectivity index (χ0n) is 12.7. The van der Waals surface area contributed by atoms with E-state index in [0.717, 1.165) is 12.0 Å². The van der Waals surface area contributed by atoms with Gasteiger partial charge in [-0.3, -0.25) is 9.59 Å². The van der Waals surface area contributed by atoms with Gasteiger partial charge in [0.2, 0.25) is 5.91 Å². The molecule has 0 radical (unpaired) electrons. The maximum Gasteiger partial charge on any atom is 0.251 e. The van der Waals surface area contributed by atoms with Crippen molar-refractivity contribution in [1.29, 1.82) is 0 Å². The van der Waals surface area contributed by atoms with Gasteiger partial charge < -0.3 is 16.4 Å². The second kappa shape index (κ2) is 9.37. The Morgan fingerprint density at radius 3 is 2.19 bits per heavy atom. The maximum absolute atomic E-state index is 12.0. The third-order valence-corrected chi connectivity index (χ3v) is 3.19. The molecule has 21 heavy (non-hydrogen) atoms. The first-order valence-electron chi connectivity index (χ1n) is 6.88. The van der Waals surface area contributed by atoms with Gasteiger partial charge >= 0.3 is 0 Å². The van der Waals surface area contributed by atoms with Crippen molar-refractivity contribution in [2.45, 2.75) is 45.8 Å². The Bertz CT molecular complexity index is 462. The van der Waals surface area contributed by atoms with Crippen molar-refractivity contribution in [3.05, 3.63) is 35.4 Å². The zero-order chi connectivity index (χ0) is 15.1. The Kier molecular flexibility index (Phi) is 8.66. The first-order chi connectivity index (χ1) is 9.47. The van der Waals surface area contributed by atoms with Crippen LogP contribution in [0.1, 0.15) is 43.1 Å². The van der Waals surface area contributed by atoms with Crippen LogP contribution in [0.4, 0.5) is 0 Å². The number of halogens is 1. The average Bonchev–Trinajstić information content (AvgIpc) is 2.46. The van der Waals surface area contributed by atoms with Gasteiger partial charge in [0, 0.05) is 18.2 Å². The van der Waals surface area contributed by atoms with Crippen LogP contribution in [0.25, 0.3) is 0 Å². The van der Waals surface area contributed by atoms with Crippen LogP contribution in [0, 0.1) is 0 Å². The predicted molar refractivity (Wildman–Crippen MR) is 86.4 cm³/mol. The molecule has 0 bridgehead atoms. The Labute approximate surface area is 132 Å². The third kappa shape index (κ3) is 6.14. The summed E-state index contributed by atoms with van der Waals surface area (Å²) in [5, 5.41) is 5.51. The summed E-state index contributed by atoms with van der Waals surface area (Å²) >= 11 is 0. The smallest absolute Gasteiger partial charge is 0.251 e. The lowest BCUT2D eigenvalue weighted by Crippen LogP contribution is -2.47. The van der Waals surface area contributed by atoms with Crippen LogP contribution in [-0.4, -0.2) is 23.9 Å². The molecule has 0 saturated carbocycles. The number of carbonyl (C=O) groups is 2. The van der Waals surface area contributed by atoms with Crippen LogP contribution in [0.5, 0.6) is 0 Å². The number of nitrogens with one attached hydrogen (secondary N) is 2.